The van der Waals surface area contributed by atoms with E-state index in [2.05, 4.69) is 22.0 Å². The van der Waals surface area contributed by atoms with Gasteiger partial charge in [-0.25, -0.2) is 4.39 Å². The van der Waals surface area contributed by atoms with Crippen LogP contribution in [0, 0.1) is 5.82 Å². The number of carbonyl (C=O) groups is 3. The highest BCUT2D eigenvalue weighted by Gasteiger charge is 2.16. The van der Waals surface area contributed by atoms with Gasteiger partial charge >= 0.3 is 11.9 Å². The van der Waals surface area contributed by atoms with Crippen molar-refractivity contribution in [2.45, 2.75) is 52.1 Å². The molecule has 0 bridgehead atoms. The van der Waals surface area contributed by atoms with Gasteiger partial charge in [0.15, 0.2) is 0 Å². The normalized spacial score (nSPS) is 12.6. The summed E-state index contributed by atoms with van der Waals surface area (Å²) in [5.74, 6) is -3.07. The largest absolute Gasteiger partial charge is 0.481 e. The molecule has 10 heteroatoms. The number of carboxylic acid groups (broad SMARTS) is 2. The number of anilines is 1. The molecule has 3 rings (SSSR count). The van der Waals surface area contributed by atoms with Crippen LogP contribution in [0.1, 0.15) is 53.7 Å². The summed E-state index contributed by atoms with van der Waals surface area (Å²) in [6.07, 6.45) is 1.28. The summed E-state index contributed by atoms with van der Waals surface area (Å²) in [4.78, 5) is 31.3. The maximum absolute atomic E-state index is 14.4. The topological polar surface area (TPSA) is 128 Å². The maximum atomic E-state index is 14.4. The molecule has 0 fully saturated rings. The Balaban J connectivity index is 0.000000466. The number of hydrogen-bond acceptors (Lipinski definition) is 5. The van der Waals surface area contributed by atoms with Crippen molar-refractivity contribution in [2.75, 3.05) is 18.4 Å². The summed E-state index contributed by atoms with van der Waals surface area (Å²) in [5.41, 5.74) is 4.25. The van der Waals surface area contributed by atoms with Gasteiger partial charge in [-0.05, 0) is 74.7 Å². The van der Waals surface area contributed by atoms with E-state index >= 15 is 0 Å². The van der Waals surface area contributed by atoms with Crippen LogP contribution in [0.25, 0.3) is 0 Å². The Morgan fingerprint density at radius 3 is 2.31 bits per heavy atom. The van der Waals surface area contributed by atoms with Gasteiger partial charge < -0.3 is 26.2 Å². The fourth-order valence-electron chi connectivity index (χ4n) is 3.53. The van der Waals surface area contributed by atoms with Crippen molar-refractivity contribution in [3.05, 3.63) is 63.4 Å². The van der Waals surface area contributed by atoms with Gasteiger partial charge in [0.2, 0.25) is 0 Å². The Morgan fingerprint density at radius 1 is 1.06 bits per heavy atom. The van der Waals surface area contributed by atoms with Crippen LogP contribution in [-0.2, 0) is 29.0 Å². The molecule has 8 nitrogen and oxygen atoms in total. The predicted octanol–water partition coefficient (Wildman–Crippen LogP) is 3.85. The van der Waals surface area contributed by atoms with E-state index in [1.165, 1.54) is 23.3 Å². The Kier molecular flexibility index (Phi) is 10.9. The van der Waals surface area contributed by atoms with E-state index in [0.29, 0.717) is 11.6 Å². The standard InChI is InChI=1S/C21H25ClFN3O.C4H6O4/c1-13(2)26-21(27)17-5-3-14(11-19(17)23)12-25-20-16-8-10-24-9-7-15(16)4-6-18(20)22;5-3(6)1-2-4(7)8/h3-6,11,13,24-25H,7-10,12H2,1-2H3,(H,26,27);1-2H2,(H,5,6)(H,7,8). The molecule has 1 heterocycles. The van der Waals surface area contributed by atoms with Crippen molar-refractivity contribution in [1.82, 2.24) is 10.6 Å². The van der Waals surface area contributed by atoms with Gasteiger partial charge in [-0.1, -0.05) is 23.7 Å². The first-order valence-electron chi connectivity index (χ1n) is 11.4. The van der Waals surface area contributed by atoms with E-state index in [9.17, 15) is 18.8 Å². The molecular formula is C25H31ClFN3O5. The molecule has 35 heavy (non-hydrogen) atoms. The third-order valence-corrected chi connectivity index (χ3v) is 5.52. The number of rotatable bonds is 8. The van der Waals surface area contributed by atoms with Gasteiger partial charge in [0.05, 0.1) is 29.1 Å². The molecule has 0 atom stereocenters. The summed E-state index contributed by atoms with van der Waals surface area (Å²) in [7, 11) is 0. The van der Waals surface area contributed by atoms with Crippen molar-refractivity contribution in [2.24, 2.45) is 0 Å². The summed E-state index contributed by atoms with van der Waals surface area (Å²) in [5, 5.41) is 25.9. The van der Waals surface area contributed by atoms with Crippen molar-refractivity contribution in [1.29, 1.82) is 0 Å². The lowest BCUT2D eigenvalue weighted by molar-refractivity contribution is -0.143. The van der Waals surface area contributed by atoms with Crippen molar-refractivity contribution in [3.8, 4) is 0 Å². The fraction of sp³-hybridized carbons (Fsp3) is 0.400. The molecular weight excluding hydrogens is 477 g/mol. The average Bonchev–Trinajstić information content (AvgIpc) is 3.02. The molecule has 1 aliphatic rings. The van der Waals surface area contributed by atoms with Crippen LogP contribution in [0.2, 0.25) is 5.02 Å². The molecule has 2 aromatic carbocycles. The second-order valence-corrected chi connectivity index (χ2v) is 8.80. The van der Waals surface area contributed by atoms with E-state index in [-0.39, 0.29) is 24.4 Å². The van der Waals surface area contributed by atoms with Gasteiger partial charge in [-0.3, -0.25) is 14.4 Å². The van der Waals surface area contributed by atoms with E-state index in [1.807, 2.05) is 19.9 Å². The third kappa shape index (κ3) is 9.18. The van der Waals surface area contributed by atoms with Crippen LogP contribution in [0.15, 0.2) is 30.3 Å². The fourth-order valence-corrected chi connectivity index (χ4v) is 3.78. The Hall–Kier alpha value is -3.17. The van der Waals surface area contributed by atoms with E-state index < -0.39 is 23.7 Å². The molecule has 1 amide bonds. The molecule has 0 saturated carbocycles. The molecule has 0 unspecified atom stereocenters. The zero-order valence-corrected chi connectivity index (χ0v) is 20.5. The molecule has 190 valence electrons. The average molecular weight is 508 g/mol. The highest BCUT2D eigenvalue weighted by atomic mass is 35.5. The van der Waals surface area contributed by atoms with Gasteiger partial charge in [0.25, 0.3) is 5.91 Å². The van der Waals surface area contributed by atoms with Crippen LogP contribution in [-0.4, -0.2) is 47.2 Å². The lowest BCUT2D eigenvalue weighted by Crippen LogP contribution is -2.30. The van der Waals surface area contributed by atoms with Crippen LogP contribution in [0.5, 0.6) is 0 Å². The zero-order chi connectivity index (χ0) is 26.0. The number of carboxylic acids is 2. The van der Waals surface area contributed by atoms with Gasteiger partial charge in [-0.2, -0.15) is 0 Å². The number of halogens is 2. The third-order valence-electron chi connectivity index (χ3n) is 5.20. The van der Waals surface area contributed by atoms with Gasteiger partial charge in [-0.15, -0.1) is 0 Å². The molecule has 0 aromatic heterocycles. The highest BCUT2D eigenvalue weighted by molar-refractivity contribution is 6.33. The number of benzene rings is 2. The van der Waals surface area contributed by atoms with Crippen molar-refractivity contribution in [3.63, 3.8) is 0 Å². The predicted molar refractivity (Wildman–Crippen MR) is 133 cm³/mol. The first-order chi connectivity index (χ1) is 16.6. The molecule has 0 aliphatic carbocycles. The summed E-state index contributed by atoms with van der Waals surface area (Å²) >= 11 is 6.42. The van der Waals surface area contributed by atoms with E-state index in [0.717, 1.165) is 37.2 Å². The number of amides is 1. The molecule has 0 radical (unpaired) electrons. The first-order valence-corrected chi connectivity index (χ1v) is 11.7. The van der Waals surface area contributed by atoms with Crippen LogP contribution >= 0.6 is 11.6 Å². The number of hydrogen-bond donors (Lipinski definition) is 5. The van der Waals surface area contributed by atoms with Crippen LogP contribution < -0.4 is 16.0 Å². The second kappa shape index (κ2) is 13.7. The van der Waals surface area contributed by atoms with Gasteiger partial charge in [0, 0.05) is 12.6 Å². The first kappa shape index (κ1) is 28.1. The Labute approximate surface area is 208 Å². The number of fused-ring (bicyclic) bond motifs is 1. The zero-order valence-electron chi connectivity index (χ0n) is 19.8. The summed E-state index contributed by atoms with van der Waals surface area (Å²) in [6, 6.07) is 8.65. The molecule has 5 N–H and O–H groups in total. The van der Waals surface area contributed by atoms with Gasteiger partial charge in [0.1, 0.15) is 5.82 Å². The maximum Gasteiger partial charge on any atom is 0.303 e. The molecule has 2 aromatic rings. The minimum Gasteiger partial charge on any atom is -0.481 e. The Bertz CT molecular complexity index is 1050. The molecule has 1 aliphatic heterocycles. The van der Waals surface area contributed by atoms with E-state index in [1.54, 1.807) is 6.07 Å². The monoisotopic (exact) mass is 507 g/mol. The lowest BCUT2D eigenvalue weighted by atomic mass is 10.0. The minimum atomic E-state index is -1.08. The Morgan fingerprint density at radius 2 is 1.71 bits per heavy atom. The van der Waals surface area contributed by atoms with E-state index in [4.69, 9.17) is 21.8 Å². The minimum absolute atomic E-state index is 0.0387. The number of aliphatic carboxylic acids is 2. The van der Waals surface area contributed by atoms with Crippen molar-refractivity contribution < 1.29 is 29.0 Å². The molecule has 0 spiro atoms. The highest BCUT2D eigenvalue weighted by Crippen LogP contribution is 2.31. The quantitative estimate of drug-likeness (QED) is 0.367. The van der Waals surface area contributed by atoms with Crippen molar-refractivity contribution >= 4 is 35.1 Å². The smallest absolute Gasteiger partial charge is 0.303 e. The molecule has 0 saturated heterocycles. The van der Waals surface area contributed by atoms with Crippen LogP contribution in [0.3, 0.4) is 0 Å². The summed E-state index contributed by atoms with van der Waals surface area (Å²) < 4.78 is 14.4. The summed E-state index contributed by atoms with van der Waals surface area (Å²) in [6.45, 7) is 5.99. The number of carbonyl (C=O) groups excluding carboxylic acids is 1. The second-order valence-electron chi connectivity index (χ2n) is 8.39. The SMILES string of the molecule is CC(C)NC(=O)c1ccc(CNc2c(Cl)ccc3c2CCNCC3)cc1F.O=C(O)CCC(=O)O. The van der Waals surface area contributed by atoms with Crippen LogP contribution in [0.4, 0.5) is 10.1 Å². The number of nitrogens with one attached hydrogen (secondary N) is 3. The lowest BCUT2D eigenvalue weighted by Gasteiger charge is -2.16.